The Balaban J connectivity index is 0.767. The normalized spacial score (nSPS) is 18.7. The largest absolute Gasteiger partial charge is 0.508 e. The number of halogens is 3. The summed E-state index contributed by atoms with van der Waals surface area (Å²) in [7, 11) is 1.89. The van der Waals surface area contributed by atoms with Gasteiger partial charge in [0.25, 0.3) is 11.8 Å². The van der Waals surface area contributed by atoms with E-state index in [2.05, 4.69) is 32.8 Å². The zero-order valence-electron chi connectivity index (χ0n) is 46.2. The molecule has 0 spiro atoms. The fourth-order valence-electron chi connectivity index (χ4n) is 11.8. The van der Waals surface area contributed by atoms with Crippen LogP contribution in [0.25, 0.3) is 44.1 Å². The number of ketones is 1. The monoisotopic (exact) mass is 1140 g/mol. The minimum Gasteiger partial charge on any atom is -0.508 e. The van der Waals surface area contributed by atoms with Crippen LogP contribution in [0.4, 0.5) is 14.6 Å². The van der Waals surface area contributed by atoms with Crippen molar-refractivity contribution < 1.29 is 47.4 Å². The molecule has 0 bridgehead atoms. The van der Waals surface area contributed by atoms with Crippen molar-refractivity contribution in [2.24, 2.45) is 18.9 Å². The second kappa shape index (κ2) is 24.6. The number of likely N-dealkylation sites (tertiary alicyclic amines) is 2. The first-order valence-electron chi connectivity index (χ1n) is 27.7. The predicted octanol–water partition coefficient (Wildman–Crippen LogP) is 9.38. The van der Waals surface area contributed by atoms with Crippen LogP contribution in [-0.2, 0) is 21.4 Å². The number of aryl methyl sites for hydroxylation is 1. The lowest BCUT2D eigenvalue weighted by molar-refractivity contribution is -0.140. The number of phenolic OH excluding ortho intramolecular Hbond substituents is 1. The molecule has 82 heavy (non-hydrogen) atoms. The van der Waals surface area contributed by atoms with Gasteiger partial charge in [-0.2, -0.15) is 20.3 Å². The Morgan fingerprint density at radius 3 is 2.44 bits per heavy atom. The summed E-state index contributed by atoms with van der Waals surface area (Å²) in [6, 6.07) is 23.9. The summed E-state index contributed by atoms with van der Waals surface area (Å²) in [5.74, 6) is -3.42. The number of anilines is 1. The van der Waals surface area contributed by atoms with E-state index in [1.807, 2.05) is 64.2 Å². The SMILES string of the molecule is C=C(F)C(=O)N1CCN(c2nc(OCCN3CCC(COc4cc([C@@H](C(=O)N5C[C@H](O)C[C@H]5C(=O)C[C@@H](C)c5ccc(-c6ccnn6C)cc5)C(C)C)on4)CC3)nc3c(F)c(-c4cc(O)cc5ccccc45)c(Cl)cc23)C[C@@H]1CC#N. The van der Waals surface area contributed by atoms with Gasteiger partial charge in [0.1, 0.15) is 29.6 Å². The molecule has 0 radical (unpaired) electrons. The smallest absolute Gasteiger partial charge is 0.319 e. The molecule has 3 aliphatic rings. The van der Waals surface area contributed by atoms with Crippen LogP contribution in [0, 0.1) is 29.0 Å². The number of benzene rings is 4. The average molecular weight is 1140 g/mol. The molecule has 7 aromatic rings. The Morgan fingerprint density at radius 1 is 0.951 bits per heavy atom. The number of amides is 2. The van der Waals surface area contributed by atoms with Crippen molar-refractivity contribution in [1.82, 2.24) is 39.6 Å². The standard InChI is InChI=1S/C61H65ClF2N10O8/c1-35(2)54(60(79)74-33-44(76)29-50(74)51(77)26-36(3)39-10-12-40(13-11-39)49-15-19-66-70(49)5)52-31-53(69-82-52)81-34-38-16-20-71(21-17-38)24-25-80-61-67-57-47(58(68-61)72-22-23-73(59(78)37(4)63)42(32-72)14-18-65)30-48(62)55(56(57)64)46-28-43(75)27-41-8-6-7-9-45(41)46/h6-13,15,19,27-28,30-31,35-36,38,42,44,50,54,75-76H,4,14,16-17,20-26,29,32-34H2,1-3,5H3/t36-,42+,44-,50+,54+/m1/s1. The van der Waals surface area contributed by atoms with E-state index in [0.29, 0.717) is 35.2 Å². The molecular weight excluding hydrogens is 1070 g/mol. The van der Waals surface area contributed by atoms with Gasteiger partial charge in [-0.25, -0.2) is 8.78 Å². The average Bonchev–Trinajstić information content (AvgIpc) is 2.08. The number of aromatic nitrogens is 5. The molecule has 428 valence electrons. The summed E-state index contributed by atoms with van der Waals surface area (Å²) in [5, 5.41) is 41.2. The molecule has 0 saturated carbocycles. The van der Waals surface area contributed by atoms with E-state index in [9.17, 15) is 34.2 Å². The third kappa shape index (κ3) is 12.1. The Morgan fingerprint density at radius 2 is 1.72 bits per heavy atom. The number of aliphatic hydroxyl groups excluding tert-OH is 1. The van der Waals surface area contributed by atoms with Gasteiger partial charge in [-0.05, 0) is 101 Å². The van der Waals surface area contributed by atoms with Gasteiger partial charge in [0.05, 0.1) is 48.0 Å². The highest BCUT2D eigenvalue weighted by Crippen LogP contribution is 2.43. The fourth-order valence-corrected chi connectivity index (χ4v) is 12.1. The number of β-amino-alcohol motifs (C(OH)–C–C–N with tert-alkyl or cyclic N) is 1. The van der Waals surface area contributed by atoms with E-state index >= 15 is 4.39 Å². The summed E-state index contributed by atoms with van der Waals surface area (Å²) in [4.78, 5) is 57.2. The second-order valence-corrected chi connectivity index (χ2v) is 22.4. The Bertz CT molecular complexity index is 3560. The van der Waals surface area contributed by atoms with Gasteiger partial charge >= 0.3 is 6.01 Å². The summed E-state index contributed by atoms with van der Waals surface area (Å²) in [5.41, 5.74) is 3.27. The van der Waals surface area contributed by atoms with Crippen LogP contribution in [-0.4, -0.2) is 145 Å². The van der Waals surface area contributed by atoms with E-state index in [4.69, 9.17) is 30.6 Å². The molecule has 3 aliphatic heterocycles. The number of piperidine rings is 1. The zero-order valence-corrected chi connectivity index (χ0v) is 46.9. The van der Waals surface area contributed by atoms with Crippen molar-refractivity contribution >= 4 is 56.7 Å². The van der Waals surface area contributed by atoms with Gasteiger partial charge in [-0.1, -0.05) is 87.5 Å². The summed E-state index contributed by atoms with van der Waals surface area (Å²) in [6.45, 7) is 11.7. The minimum absolute atomic E-state index is 0.0191. The van der Waals surface area contributed by atoms with Crippen LogP contribution in [0.1, 0.15) is 76.0 Å². The predicted molar refractivity (Wildman–Crippen MR) is 304 cm³/mol. The maximum absolute atomic E-state index is 17.3. The van der Waals surface area contributed by atoms with Gasteiger partial charge in [-0.3, -0.25) is 24.0 Å². The number of hydrogen-bond acceptors (Lipinski definition) is 15. The number of nitrogens with zero attached hydrogens (tertiary/aromatic N) is 10. The number of carbonyl (C=O) groups is 3. The van der Waals surface area contributed by atoms with Crippen molar-refractivity contribution in [2.45, 2.75) is 82.9 Å². The molecule has 6 heterocycles. The van der Waals surface area contributed by atoms with Gasteiger partial charge in [0, 0.05) is 75.8 Å². The Labute approximate surface area is 478 Å². The molecule has 21 heteroatoms. The summed E-state index contributed by atoms with van der Waals surface area (Å²) in [6.07, 6.45) is 2.75. The summed E-state index contributed by atoms with van der Waals surface area (Å²) >= 11 is 6.94. The van der Waals surface area contributed by atoms with Crippen LogP contribution >= 0.6 is 11.6 Å². The van der Waals surface area contributed by atoms with Crippen molar-refractivity contribution in [2.75, 3.05) is 63.9 Å². The number of ether oxygens (including phenoxy) is 2. The zero-order chi connectivity index (χ0) is 57.9. The number of rotatable bonds is 19. The minimum atomic E-state index is -1.14. The highest BCUT2D eigenvalue weighted by atomic mass is 35.5. The number of hydrogen-bond donors (Lipinski definition) is 2. The van der Waals surface area contributed by atoms with E-state index in [1.54, 1.807) is 52.2 Å². The number of piperazine rings is 1. The van der Waals surface area contributed by atoms with E-state index in [-0.39, 0.29) is 126 Å². The van der Waals surface area contributed by atoms with Crippen LogP contribution in [0.15, 0.2) is 102 Å². The number of phenols is 1. The molecule has 18 nitrogen and oxygen atoms in total. The lowest BCUT2D eigenvalue weighted by Gasteiger charge is -2.41. The maximum Gasteiger partial charge on any atom is 0.319 e. The quantitative estimate of drug-likeness (QED) is 0.0721. The van der Waals surface area contributed by atoms with Crippen LogP contribution in [0.5, 0.6) is 17.6 Å². The van der Waals surface area contributed by atoms with E-state index in [1.165, 1.54) is 15.9 Å². The lowest BCUT2D eigenvalue weighted by Crippen LogP contribution is -2.55. The highest BCUT2D eigenvalue weighted by molar-refractivity contribution is 6.35. The molecular formula is C61H65ClF2N10O8. The van der Waals surface area contributed by atoms with Crippen LogP contribution < -0.4 is 14.4 Å². The number of aromatic hydroxyl groups is 1. The van der Waals surface area contributed by atoms with E-state index < -0.39 is 41.7 Å². The van der Waals surface area contributed by atoms with Crippen molar-refractivity contribution in [3.63, 3.8) is 0 Å². The first-order valence-corrected chi connectivity index (χ1v) is 28.1. The van der Waals surface area contributed by atoms with Crippen molar-refractivity contribution in [3.8, 4) is 46.1 Å². The van der Waals surface area contributed by atoms with Crippen molar-refractivity contribution in [3.05, 3.63) is 120 Å². The Kier molecular flexibility index (Phi) is 17.2. The fraction of sp³-hybridized carbons (Fsp3) is 0.410. The molecule has 0 aliphatic carbocycles. The molecule has 10 rings (SSSR count). The molecule has 3 fully saturated rings. The van der Waals surface area contributed by atoms with Crippen LogP contribution in [0.3, 0.4) is 0 Å². The Hall–Kier alpha value is -7.99. The number of Topliss-reactive ketones (excluding diaryl/α,β-unsaturated/α-hetero) is 1. The molecule has 3 saturated heterocycles. The van der Waals surface area contributed by atoms with Gasteiger partial charge in [0.2, 0.25) is 5.91 Å². The lowest BCUT2D eigenvalue weighted by atomic mass is 9.89. The number of nitriles is 1. The molecule has 4 aromatic carbocycles. The van der Waals surface area contributed by atoms with Crippen LogP contribution in [0.2, 0.25) is 5.02 Å². The highest BCUT2D eigenvalue weighted by Gasteiger charge is 2.44. The first kappa shape index (κ1) is 57.3. The maximum atomic E-state index is 17.3. The molecule has 2 amide bonds. The first-order chi connectivity index (χ1) is 39.5. The second-order valence-electron chi connectivity index (χ2n) is 22.0. The topological polar surface area (TPSA) is 217 Å². The summed E-state index contributed by atoms with van der Waals surface area (Å²) < 4.78 is 51.3. The molecule has 0 unspecified atom stereocenters. The molecule has 5 atom stereocenters. The van der Waals surface area contributed by atoms with Gasteiger partial charge in [-0.15, -0.1) is 0 Å². The number of fused-ring (bicyclic) bond motifs is 2. The molecule has 2 N–H and O–H groups in total. The van der Waals surface area contributed by atoms with Gasteiger partial charge in [0.15, 0.2) is 23.2 Å². The third-order valence-electron chi connectivity index (χ3n) is 16.2. The van der Waals surface area contributed by atoms with Crippen molar-refractivity contribution in [1.29, 1.82) is 5.26 Å². The third-order valence-corrected chi connectivity index (χ3v) is 16.5. The number of carbonyl (C=O) groups excluding carboxylic acids is 3. The number of aliphatic hydroxyl groups is 1. The van der Waals surface area contributed by atoms with E-state index in [0.717, 1.165) is 42.8 Å². The molecule has 3 aromatic heterocycles. The van der Waals surface area contributed by atoms with Gasteiger partial charge < -0.3 is 38.9 Å².